The highest BCUT2D eigenvalue weighted by Gasteiger charge is 2.11. The molecule has 0 aliphatic heterocycles. The molecule has 2 heterocycles. The van der Waals surface area contributed by atoms with E-state index < -0.39 is 0 Å². The van der Waals surface area contributed by atoms with Crippen LogP contribution in [0.5, 0.6) is 0 Å². The van der Waals surface area contributed by atoms with Gasteiger partial charge in [-0.2, -0.15) is 4.98 Å². The molecule has 0 aliphatic rings. The van der Waals surface area contributed by atoms with Gasteiger partial charge in [0.2, 0.25) is 5.89 Å². The van der Waals surface area contributed by atoms with Gasteiger partial charge in [0.25, 0.3) is 5.91 Å². The lowest BCUT2D eigenvalue weighted by molar-refractivity contribution is 0.0977. The molecule has 1 amide bonds. The van der Waals surface area contributed by atoms with Crippen LogP contribution in [0.15, 0.2) is 71.3 Å². The van der Waals surface area contributed by atoms with Gasteiger partial charge in [0.15, 0.2) is 16.3 Å². The minimum atomic E-state index is -0.251. The van der Waals surface area contributed by atoms with Crippen LogP contribution in [0, 0.1) is 0 Å². The molecule has 30 heavy (non-hydrogen) atoms. The topological polar surface area (TPSA) is 80.0 Å². The van der Waals surface area contributed by atoms with E-state index in [1.54, 1.807) is 24.4 Å². The van der Waals surface area contributed by atoms with Gasteiger partial charge in [-0.3, -0.25) is 10.1 Å². The maximum absolute atomic E-state index is 12.4. The van der Waals surface area contributed by atoms with Gasteiger partial charge in [0, 0.05) is 23.0 Å². The van der Waals surface area contributed by atoms with E-state index in [1.807, 2.05) is 42.5 Å². The first-order valence-corrected chi connectivity index (χ1v) is 9.95. The number of fused-ring (bicyclic) bond motifs is 1. The summed E-state index contributed by atoms with van der Waals surface area (Å²) in [5.74, 6) is 0.660. The lowest BCUT2D eigenvalue weighted by atomic mass is 10.0. The highest BCUT2D eigenvalue weighted by atomic mass is 32.1. The van der Waals surface area contributed by atoms with Crippen LogP contribution in [0.1, 0.15) is 35.7 Å². The number of nitrogens with one attached hydrogen (secondary N) is 2. The first-order chi connectivity index (χ1) is 14.5. The summed E-state index contributed by atoms with van der Waals surface area (Å²) in [5.41, 5.74) is 4.51. The third-order valence-electron chi connectivity index (χ3n) is 4.62. The van der Waals surface area contributed by atoms with E-state index in [9.17, 15) is 4.79 Å². The van der Waals surface area contributed by atoms with Gasteiger partial charge in [0.1, 0.15) is 0 Å². The molecule has 150 valence electrons. The lowest BCUT2D eigenvalue weighted by Gasteiger charge is -2.11. The number of rotatable bonds is 4. The van der Waals surface area contributed by atoms with Crippen LogP contribution in [0.4, 0.5) is 5.69 Å². The van der Waals surface area contributed by atoms with Crippen molar-refractivity contribution in [1.82, 2.24) is 15.3 Å². The Bertz CT molecular complexity index is 1170. The Hall–Kier alpha value is -3.58. The van der Waals surface area contributed by atoms with Gasteiger partial charge in [-0.1, -0.05) is 26.0 Å². The predicted molar refractivity (Wildman–Crippen MR) is 121 cm³/mol. The zero-order chi connectivity index (χ0) is 21.1. The number of thiocarbonyl (C=S) groups is 1. The zero-order valence-corrected chi connectivity index (χ0v) is 17.4. The van der Waals surface area contributed by atoms with Gasteiger partial charge >= 0.3 is 0 Å². The second-order valence-corrected chi connectivity index (χ2v) is 7.51. The average molecular weight is 417 g/mol. The normalized spacial score (nSPS) is 10.9. The van der Waals surface area contributed by atoms with E-state index in [1.165, 1.54) is 5.56 Å². The maximum atomic E-state index is 12.4. The molecule has 4 aromatic rings. The van der Waals surface area contributed by atoms with Gasteiger partial charge < -0.3 is 9.73 Å². The summed E-state index contributed by atoms with van der Waals surface area (Å²) in [6.07, 6.45) is 1.68. The summed E-state index contributed by atoms with van der Waals surface area (Å²) in [4.78, 5) is 20.9. The van der Waals surface area contributed by atoms with Crippen LogP contribution in [-0.2, 0) is 0 Å². The fraction of sp³-hybridized carbons (Fsp3) is 0.130. The van der Waals surface area contributed by atoms with Crippen LogP contribution < -0.4 is 10.6 Å². The second-order valence-electron chi connectivity index (χ2n) is 7.11. The summed E-state index contributed by atoms with van der Waals surface area (Å²) in [6.45, 7) is 4.22. The number of aromatic nitrogens is 2. The lowest BCUT2D eigenvalue weighted by Crippen LogP contribution is -2.34. The molecule has 0 radical (unpaired) electrons. The maximum Gasteiger partial charge on any atom is 0.257 e. The number of hydrogen-bond acceptors (Lipinski definition) is 5. The van der Waals surface area contributed by atoms with Crippen LogP contribution in [-0.4, -0.2) is 21.0 Å². The van der Waals surface area contributed by atoms with Crippen molar-refractivity contribution in [1.29, 1.82) is 0 Å². The van der Waals surface area contributed by atoms with Gasteiger partial charge in [-0.15, -0.1) is 0 Å². The zero-order valence-electron chi connectivity index (χ0n) is 16.5. The highest BCUT2D eigenvalue weighted by Crippen LogP contribution is 2.24. The molecular weight excluding hydrogens is 396 g/mol. The van der Waals surface area contributed by atoms with Crippen molar-refractivity contribution < 1.29 is 9.21 Å². The SMILES string of the molecule is CC(C)c1ccc(C(=O)NC(=S)Nc2ccc(-c3nc4ncccc4o3)cc2)cc1. The molecule has 7 heteroatoms. The van der Waals surface area contributed by atoms with E-state index in [0.29, 0.717) is 28.6 Å². The number of benzene rings is 2. The number of carbonyl (C=O) groups excluding carboxylic acids is 1. The molecule has 0 aliphatic carbocycles. The number of anilines is 1. The van der Waals surface area contributed by atoms with Crippen molar-refractivity contribution in [2.75, 3.05) is 5.32 Å². The quantitative estimate of drug-likeness (QED) is 0.449. The molecule has 2 aromatic carbocycles. The van der Waals surface area contributed by atoms with E-state index in [4.69, 9.17) is 16.6 Å². The Balaban J connectivity index is 1.39. The average Bonchev–Trinajstić information content (AvgIpc) is 3.18. The molecule has 0 spiro atoms. The van der Waals surface area contributed by atoms with Gasteiger partial charge in [-0.25, -0.2) is 4.98 Å². The third kappa shape index (κ3) is 4.36. The number of amides is 1. The molecule has 2 aromatic heterocycles. The first kappa shape index (κ1) is 19.7. The predicted octanol–water partition coefficient (Wildman–Crippen LogP) is 5.14. The summed E-state index contributed by atoms with van der Waals surface area (Å²) < 4.78 is 5.72. The molecule has 0 unspecified atom stereocenters. The van der Waals surface area contributed by atoms with Gasteiger partial charge in [0.05, 0.1) is 0 Å². The fourth-order valence-electron chi connectivity index (χ4n) is 2.95. The van der Waals surface area contributed by atoms with E-state index in [0.717, 1.165) is 11.3 Å². The third-order valence-corrected chi connectivity index (χ3v) is 4.83. The molecule has 6 nitrogen and oxygen atoms in total. The Kier molecular flexibility index (Phi) is 5.54. The minimum absolute atomic E-state index is 0.228. The standard InChI is InChI=1S/C23H20N4O2S/c1-14(2)15-5-7-16(8-6-15)21(28)27-23(30)25-18-11-9-17(10-12-18)22-26-20-19(29-22)4-3-13-24-20/h3-14H,1-2H3,(H2,25,27,28,30). The Morgan fingerprint density at radius 1 is 1.03 bits per heavy atom. The van der Waals surface area contributed by atoms with Crippen LogP contribution >= 0.6 is 12.2 Å². The number of pyridine rings is 1. The second kappa shape index (κ2) is 8.42. The molecular formula is C23H20N4O2S. The fourth-order valence-corrected chi connectivity index (χ4v) is 3.16. The smallest absolute Gasteiger partial charge is 0.257 e. The van der Waals surface area contributed by atoms with Crippen molar-refractivity contribution in [3.63, 3.8) is 0 Å². The van der Waals surface area contributed by atoms with Crippen molar-refractivity contribution in [3.8, 4) is 11.5 Å². The summed E-state index contributed by atoms with van der Waals surface area (Å²) in [5, 5.41) is 5.94. The molecule has 4 rings (SSSR count). The number of oxazole rings is 1. The van der Waals surface area contributed by atoms with Crippen molar-refractivity contribution in [3.05, 3.63) is 78.0 Å². The van der Waals surface area contributed by atoms with Crippen LogP contribution in [0.2, 0.25) is 0 Å². The minimum Gasteiger partial charge on any atom is -0.434 e. The molecule has 0 saturated heterocycles. The summed E-state index contributed by atoms with van der Waals surface area (Å²) in [7, 11) is 0. The van der Waals surface area contributed by atoms with Crippen molar-refractivity contribution in [2.24, 2.45) is 0 Å². The number of carbonyl (C=O) groups is 1. The summed E-state index contributed by atoms with van der Waals surface area (Å²) >= 11 is 5.27. The molecule has 0 saturated carbocycles. The molecule has 0 bridgehead atoms. The molecule has 0 fully saturated rings. The first-order valence-electron chi connectivity index (χ1n) is 9.54. The summed E-state index contributed by atoms with van der Waals surface area (Å²) in [6, 6.07) is 18.6. The van der Waals surface area contributed by atoms with E-state index >= 15 is 0 Å². The Morgan fingerprint density at radius 2 is 1.77 bits per heavy atom. The van der Waals surface area contributed by atoms with Gasteiger partial charge in [-0.05, 0) is 72.2 Å². The Morgan fingerprint density at radius 3 is 2.43 bits per heavy atom. The molecule has 0 atom stereocenters. The van der Waals surface area contributed by atoms with Crippen molar-refractivity contribution >= 4 is 40.2 Å². The van der Waals surface area contributed by atoms with Crippen LogP contribution in [0.3, 0.4) is 0 Å². The van der Waals surface area contributed by atoms with Crippen LogP contribution in [0.25, 0.3) is 22.7 Å². The van der Waals surface area contributed by atoms with Crippen molar-refractivity contribution in [2.45, 2.75) is 19.8 Å². The largest absolute Gasteiger partial charge is 0.434 e. The monoisotopic (exact) mass is 416 g/mol. The molecule has 2 N–H and O–H groups in total. The van der Waals surface area contributed by atoms with E-state index in [-0.39, 0.29) is 11.0 Å². The van der Waals surface area contributed by atoms with E-state index in [2.05, 4.69) is 34.4 Å². The Labute approximate surface area is 179 Å². The number of nitrogens with zero attached hydrogens (tertiary/aromatic N) is 2. The highest BCUT2D eigenvalue weighted by molar-refractivity contribution is 7.80. The number of hydrogen-bond donors (Lipinski definition) is 2.